The fourth-order valence-corrected chi connectivity index (χ4v) is 4.47. The molecule has 0 bridgehead atoms. The largest absolute Gasteiger partial charge is 0.379 e. The molecule has 4 heterocycles. The van der Waals surface area contributed by atoms with Crippen LogP contribution in [0.2, 0.25) is 0 Å². The van der Waals surface area contributed by atoms with Crippen LogP contribution in [0.4, 0.5) is 11.6 Å². The molecular formula is C26H28N6O2. The lowest BCUT2D eigenvalue weighted by Gasteiger charge is -2.24. The van der Waals surface area contributed by atoms with E-state index in [1.165, 1.54) is 0 Å². The minimum Gasteiger partial charge on any atom is -0.379 e. The first kappa shape index (κ1) is 22.0. The van der Waals surface area contributed by atoms with Gasteiger partial charge in [0.15, 0.2) is 0 Å². The van der Waals surface area contributed by atoms with Crippen molar-refractivity contribution in [2.75, 3.05) is 31.6 Å². The van der Waals surface area contributed by atoms with Gasteiger partial charge in [0.2, 0.25) is 5.95 Å². The SMILES string of the molecule is Cc1cc(C)nc(Nc2cccc(C(=O)N3CCOC[C@H](Cc4nccn5cccc45)C3)c2)n1. The van der Waals surface area contributed by atoms with E-state index in [0.29, 0.717) is 37.8 Å². The van der Waals surface area contributed by atoms with E-state index in [-0.39, 0.29) is 11.8 Å². The molecule has 1 N–H and O–H groups in total. The summed E-state index contributed by atoms with van der Waals surface area (Å²) in [5, 5.41) is 3.22. The van der Waals surface area contributed by atoms with Crippen molar-refractivity contribution in [1.29, 1.82) is 0 Å². The van der Waals surface area contributed by atoms with E-state index in [9.17, 15) is 4.79 Å². The number of amides is 1. The molecule has 0 spiro atoms. The number of carbonyl (C=O) groups is 1. The minimum atomic E-state index is -0.00524. The molecule has 1 fully saturated rings. The Hall–Kier alpha value is -3.78. The maximum atomic E-state index is 13.4. The average molecular weight is 457 g/mol. The molecular weight excluding hydrogens is 428 g/mol. The summed E-state index contributed by atoms with van der Waals surface area (Å²) in [5.74, 6) is 0.691. The van der Waals surface area contributed by atoms with Crippen molar-refractivity contribution in [3.63, 3.8) is 0 Å². The van der Waals surface area contributed by atoms with Crippen LogP contribution in [0, 0.1) is 19.8 Å². The molecule has 8 heteroatoms. The van der Waals surface area contributed by atoms with Crippen LogP contribution < -0.4 is 5.32 Å². The van der Waals surface area contributed by atoms with E-state index in [2.05, 4.69) is 30.7 Å². The van der Waals surface area contributed by atoms with Crippen molar-refractivity contribution in [1.82, 2.24) is 24.3 Å². The zero-order chi connectivity index (χ0) is 23.5. The van der Waals surface area contributed by atoms with Crippen molar-refractivity contribution in [2.45, 2.75) is 20.3 Å². The number of anilines is 2. The molecule has 8 nitrogen and oxygen atoms in total. The molecule has 0 aliphatic carbocycles. The summed E-state index contributed by atoms with van der Waals surface area (Å²) in [6, 6.07) is 13.5. The molecule has 1 saturated heterocycles. The molecule has 1 aromatic carbocycles. The summed E-state index contributed by atoms with van der Waals surface area (Å²) in [5.41, 5.74) is 5.31. The van der Waals surface area contributed by atoms with E-state index in [1.807, 2.05) is 73.7 Å². The Balaban J connectivity index is 1.31. The number of hydrogen-bond acceptors (Lipinski definition) is 6. The van der Waals surface area contributed by atoms with Gasteiger partial charge in [0.25, 0.3) is 5.91 Å². The number of aryl methyl sites for hydroxylation is 2. The number of fused-ring (bicyclic) bond motifs is 1. The van der Waals surface area contributed by atoms with Crippen LogP contribution in [0.1, 0.15) is 27.4 Å². The van der Waals surface area contributed by atoms with Crippen LogP contribution >= 0.6 is 0 Å². The van der Waals surface area contributed by atoms with Gasteiger partial charge < -0.3 is 19.4 Å². The van der Waals surface area contributed by atoms with Gasteiger partial charge in [-0.1, -0.05) is 6.07 Å². The fourth-order valence-electron chi connectivity index (χ4n) is 4.47. The van der Waals surface area contributed by atoms with Gasteiger partial charge in [-0.2, -0.15) is 0 Å². The Kier molecular flexibility index (Phi) is 6.22. The van der Waals surface area contributed by atoms with E-state index >= 15 is 0 Å². The summed E-state index contributed by atoms with van der Waals surface area (Å²) in [6.45, 7) is 6.20. The molecule has 1 aliphatic rings. The molecule has 4 aromatic rings. The predicted molar refractivity (Wildman–Crippen MR) is 130 cm³/mol. The molecule has 1 amide bonds. The first-order valence-corrected chi connectivity index (χ1v) is 11.5. The van der Waals surface area contributed by atoms with E-state index < -0.39 is 0 Å². The summed E-state index contributed by atoms with van der Waals surface area (Å²) in [4.78, 5) is 28.8. The maximum Gasteiger partial charge on any atom is 0.254 e. The second-order valence-corrected chi connectivity index (χ2v) is 8.75. The third-order valence-corrected chi connectivity index (χ3v) is 5.99. The van der Waals surface area contributed by atoms with Gasteiger partial charge in [-0.25, -0.2) is 9.97 Å². The minimum absolute atomic E-state index is 0.00524. The van der Waals surface area contributed by atoms with Crippen molar-refractivity contribution >= 4 is 23.1 Å². The van der Waals surface area contributed by atoms with Gasteiger partial charge in [-0.3, -0.25) is 9.78 Å². The van der Waals surface area contributed by atoms with Crippen LogP contribution in [-0.4, -0.2) is 56.5 Å². The third-order valence-electron chi connectivity index (χ3n) is 5.99. The van der Waals surface area contributed by atoms with Crippen molar-refractivity contribution < 1.29 is 9.53 Å². The summed E-state index contributed by atoms with van der Waals surface area (Å²) in [6.07, 6.45) is 6.54. The smallest absolute Gasteiger partial charge is 0.254 e. The molecule has 3 aromatic heterocycles. The Bertz CT molecular complexity index is 1300. The molecule has 5 rings (SSSR count). The summed E-state index contributed by atoms with van der Waals surface area (Å²) >= 11 is 0. The van der Waals surface area contributed by atoms with Crippen LogP contribution in [0.5, 0.6) is 0 Å². The van der Waals surface area contributed by atoms with Crippen molar-refractivity contribution in [2.24, 2.45) is 5.92 Å². The standard InChI is InChI=1S/C26H28N6O2/c1-18-13-19(2)29-26(28-18)30-22-6-3-5-21(15-22)25(33)32-11-12-34-17-20(16-32)14-23-24-7-4-9-31(24)10-8-27-23/h3-10,13,15,20H,11-12,14,16-17H2,1-2H3,(H,28,29,30)/t20-/m1/s1. The molecule has 34 heavy (non-hydrogen) atoms. The zero-order valence-corrected chi connectivity index (χ0v) is 19.4. The number of nitrogens with one attached hydrogen (secondary N) is 1. The van der Waals surface area contributed by atoms with Gasteiger partial charge in [-0.15, -0.1) is 0 Å². The Labute approximate surface area is 198 Å². The van der Waals surface area contributed by atoms with Crippen LogP contribution in [-0.2, 0) is 11.2 Å². The monoisotopic (exact) mass is 456 g/mol. The van der Waals surface area contributed by atoms with Crippen LogP contribution in [0.25, 0.3) is 5.52 Å². The molecule has 0 saturated carbocycles. The highest BCUT2D eigenvalue weighted by Gasteiger charge is 2.25. The van der Waals surface area contributed by atoms with Gasteiger partial charge in [0, 0.05) is 60.2 Å². The van der Waals surface area contributed by atoms with E-state index in [1.54, 1.807) is 0 Å². The summed E-state index contributed by atoms with van der Waals surface area (Å²) < 4.78 is 7.93. The molecule has 0 radical (unpaired) electrons. The fraction of sp³-hybridized carbons (Fsp3) is 0.308. The molecule has 0 unspecified atom stereocenters. The normalized spacial score (nSPS) is 16.4. The lowest BCUT2D eigenvalue weighted by atomic mass is 10.0. The number of aromatic nitrogens is 4. The quantitative estimate of drug-likeness (QED) is 0.492. The van der Waals surface area contributed by atoms with Crippen LogP contribution in [0.3, 0.4) is 0 Å². The highest BCUT2D eigenvalue weighted by molar-refractivity contribution is 5.95. The Morgan fingerprint density at radius 3 is 2.82 bits per heavy atom. The maximum absolute atomic E-state index is 13.4. The lowest BCUT2D eigenvalue weighted by Crippen LogP contribution is -2.36. The van der Waals surface area contributed by atoms with Gasteiger partial charge in [0.1, 0.15) is 0 Å². The first-order valence-electron chi connectivity index (χ1n) is 11.5. The summed E-state index contributed by atoms with van der Waals surface area (Å²) in [7, 11) is 0. The highest BCUT2D eigenvalue weighted by atomic mass is 16.5. The van der Waals surface area contributed by atoms with Gasteiger partial charge in [0.05, 0.1) is 24.4 Å². The van der Waals surface area contributed by atoms with Crippen LogP contribution in [0.15, 0.2) is 61.1 Å². The second-order valence-electron chi connectivity index (χ2n) is 8.75. The Morgan fingerprint density at radius 2 is 1.97 bits per heavy atom. The number of rotatable bonds is 5. The molecule has 1 atom stereocenters. The molecule has 1 aliphatic heterocycles. The number of benzene rings is 1. The van der Waals surface area contributed by atoms with Gasteiger partial charge >= 0.3 is 0 Å². The third kappa shape index (κ3) is 4.92. The number of carbonyl (C=O) groups excluding carboxylic acids is 1. The van der Waals surface area contributed by atoms with Gasteiger partial charge in [-0.05, 0) is 56.7 Å². The first-order chi connectivity index (χ1) is 16.5. The number of nitrogens with zero attached hydrogens (tertiary/aromatic N) is 5. The average Bonchev–Trinajstić information content (AvgIpc) is 3.18. The topological polar surface area (TPSA) is 84.7 Å². The lowest BCUT2D eigenvalue weighted by molar-refractivity contribution is 0.0737. The molecule has 174 valence electrons. The van der Waals surface area contributed by atoms with Crippen molar-refractivity contribution in [3.8, 4) is 0 Å². The van der Waals surface area contributed by atoms with E-state index in [0.717, 1.165) is 34.7 Å². The zero-order valence-electron chi connectivity index (χ0n) is 19.4. The number of ether oxygens (including phenoxy) is 1. The van der Waals surface area contributed by atoms with Crippen molar-refractivity contribution in [3.05, 3.63) is 83.7 Å². The Morgan fingerprint density at radius 1 is 1.12 bits per heavy atom. The highest BCUT2D eigenvalue weighted by Crippen LogP contribution is 2.20. The number of hydrogen-bond donors (Lipinski definition) is 1. The predicted octanol–water partition coefficient (Wildman–Crippen LogP) is 3.82. The second kappa shape index (κ2) is 9.61. The van der Waals surface area contributed by atoms with E-state index in [4.69, 9.17) is 4.74 Å².